The lowest BCUT2D eigenvalue weighted by atomic mass is 10.3. The second kappa shape index (κ2) is 4.36. The molecule has 0 bridgehead atoms. The summed E-state index contributed by atoms with van der Waals surface area (Å²) in [4.78, 5) is 34.1. The molecule has 1 N–H and O–H groups in total. The van der Waals surface area contributed by atoms with Crippen LogP contribution in [0.5, 0.6) is 0 Å². The molecule has 0 saturated carbocycles. The lowest BCUT2D eigenvalue weighted by molar-refractivity contribution is -0.389. The van der Waals surface area contributed by atoms with Gasteiger partial charge in [-0.1, -0.05) is 0 Å². The maximum absolute atomic E-state index is 11.2. The number of carbonyl (C=O) groups excluding carboxylic acids is 1. The number of aromatic nitrogens is 1. The van der Waals surface area contributed by atoms with Gasteiger partial charge in [0.15, 0.2) is 0 Å². The molecule has 0 saturated heterocycles. The summed E-state index contributed by atoms with van der Waals surface area (Å²) in [6, 6.07) is 0.742. The Morgan fingerprint density at radius 3 is 2.80 bits per heavy atom. The number of hydrogen-bond donors (Lipinski definition) is 1. The van der Waals surface area contributed by atoms with Gasteiger partial charge in [0.2, 0.25) is 5.43 Å². The van der Waals surface area contributed by atoms with Crippen LogP contribution in [0.15, 0.2) is 17.1 Å². The molecule has 0 aliphatic heterocycles. The Morgan fingerprint density at radius 2 is 2.33 bits per heavy atom. The minimum Gasteiger partial charge on any atom is -0.462 e. The topological polar surface area (TPSA) is 102 Å². The van der Waals surface area contributed by atoms with Crippen molar-refractivity contribution in [3.8, 4) is 0 Å². The summed E-state index contributed by atoms with van der Waals surface area (Å²) in [5.41, 5.74) is -0.985. The normalized spacial score (nSPS) is 9.67. The summed E-state index contributed by atoms with van der Waals surface area (Å²) in [7, 11) is 0. The maximum atomic E-state index is 11.2. The van der Waals surface area contributed by atoms with Crippen LogP contribution in [0.2, 0.25) is 0 Å². The van der Waals surface area contributed by atoms with Crippen LogP contribution >= 0.6 is 0 Å². The van der Waals surface area contributed by atoms with E-state index in [1.165, 1.54) is 0 Å². The predicted molar refractivity (Wildman–Crippen MR) is 49.7 cm³/mol. The Kier molecular flexibility index (Phi) is 3.17. The first kappa shape index (κ1) is 10.9. The molecule has 0 radical (unpaired) electrons. The summed E-state index contributed by atoms with van der Waals surface area (Å²) in [6.07, 6.45) is 0.971. The number of H-pyrrole nitrogens is 1. The number of pyridine rings is 1. The number of esters is 1. The van der Waals surface area contributed by atoms with Gasteiger partial charge in [-0.05, 0) is 11.8 Å². The summed E-state index contributed by atoms with van der Waals surface area (Å²) in [5.74, 6) is -1.26. The molecular formula is C8H8N2O5. The van der Waals surface area contributed by atoms with Gasteiger partial charge in [-0.15, -0.1) is 0 Å². The monoisotopic (exact) mass is 212 g/mol. The molecule has 1 aromatic rings. The highest BCUT2D eigenvalue weighted by Crippen LogP contribution is 2.03. The molecule has 0 fully saturated rings. The van der Waals surface area contributed by atoms with Crippen molar-refractivity contribution in [1.29, 1.82) is 0 Å². The standard InChI is InChI=1S/C8H8N2O5/c1-2-15-8(12)5-4-9-7(10(13)14)3-6(5)11/h3-4H,2H2,1H3,(H,9,11). The Hall–Kier alpha value is -2.18. The highest BCUT2D eigenvalue weighted by Gasteiger charge is 2.15. The number of rotatable bonds is 3. The first-order valence-electron chi connectivity index (χ1n) is 4.10. The third-order valence-electron chi connectivity index (χ3n) is 1.59. The molecule has 1 rings (SSSR count). The second-order valence-electron chi connectivity index (χ2n) is 2.57. The van der Waals surface area contributed by atoms with Crippen molar-refractivity contribution in [2.24, 2.45) is 0 Å². The van der Waals surface area contributed by atoms with Gasteiger partial charge in [-0.2, -0.15) is 0 Å². The summed E-state index contributed by atoms with van der Waals surface area (Å²) >= 11 is 0. The molecule has 0 atom stereocenters. The zero-order valence-electron chi connectivity index (χ0n) is 7.85. The fraction of sp³-hybridized carbons (Fsp3) is 0.250. The summed E-state index contributed by atoms with van der Waals surface area (Å²) in [6.45, 7) is 1.73. The molecule has 0 unspecified atom stereocenters. The van der Waals surface area contributed by atoms with Crippen molar-refractivity contribution in [3.05, 3.63) is 38.2 Å². The van der Waals surface area contributed by atoms with Gasteiger partial charge in [0.1, 0.15) is 11.8 Å². The van der Waals surface area contributed by atoms with Gasteiger partial charge >= 0.3 is 11.8 Å². The number of carbonyl (C=O) groups is 1. The minimum absolute atomic E-state index is 0.134. The van der Waals surface area contributed by atoms with Crippen molar-refractivity contribution < 1.29 is 14.5 Å². The van der Waals surface area contributed by atoms with Crippen LogP contribution < -0.4 is 5.43 Å². The highest BCUT2D eigenvalue weighted by molar-refractivity contribution is 5.88. The van der Waals surface area contributed by atoms with Crippen LogP contribution in [0.1, 0.15) is 17.3 Å². The Balaban J connectivity index is 3.09. The van der Waals surface area contributed by atoms with Crippen LogP contribution in [0, 0.1) is 10.1 Å². The molecule has 1 aromatic heterocycles. The third kappa shape index (κ3) is 2.39. The summed E-state index contributed by atoms with van der Waals surface area (Å²) < 4.78 is 4.58. The van der Waals surface area contributed by atoms with E-state index >= 15 is 0 Å². The molecule has 0 amide bonds. The quantitative estimate of drug-likeness (QED) is 0.445. The van der Waals surface area contributed by atoms with E-state index in [0.717, 1.165) is 12.3 Å². The Morgan fingerprint density at radius 1 is 1.67 bits per heavy atom. The lowest BCUT2D eigenvalue weighted by Gasteiger charge is -1.99. The van der Waals surface area contributed by atoms with Crippen molar-refractivity contribution in [1.82, 2.24) is 4.98 Å². The SMILES string of the molecule is CCOC(=O)c1c[nH]c([N+](=O)[O-])cc1=O. The number of nitro groups is 1. The molecule has 0 aliphatic carbocycles. The first-order chi connectivity index (χ1) is 7.06. The highest BCUT2D eigenvalue weighted by atomic mass is 16.6. The zero-order valence-corrected chi connectivity index (χ0v) is 7.85. The predicted octanol–water partition coefficient (Wildman–Crippen LogP) is 0.460. The lowest BCUT2D eigenvalue weighted by Crippen LogP contribution is -2.17. The average Bonchev–Trinajstić information content (AvgIpc) is 2.17. The molecule has 0 aliphatic rings. The van der Waals surface area contributed by atoms with Gasteiger partial charge in [0, 0.05) is 0 Å². The number of hydrogen-bond acceptors (Lipinski definition) is 5. The molecule has 1 heterocycles. The molecule has 7 heteroatoms. The zero-order chi connectivity index (χ0) is 11.4. The molecular weight excluding hydrogens is 204 g/mol. The van der Waals surface area contributed by atoms with Crippen molar-refractivity contribution in [2.75, 3.05) is 6.61 Å². The van der Waals surface area contributed by atoms with Crippen LogP contribution in [-0.4, -0.2) is 22.5 Å². The largest absolute Gasteiger partial charge is 0.462 e. The summed E-state index contributed by atoms with van der Waals surface area (Å²) in [5, 5.41) is 10.3. The van der Waals surface area contributed by atoms with Gasteiger partial charge in [-0.25, -0.2) is 9.78 Å². The number of aromatic amines is 1. The van der Waals surface area contributed by atoms with Crippen LogP contribution in [0.3, 0.4) is 0 Å². The van der Waals surface area contributed by atoms with Crippen LogP contribution in [-0.2, 0) is 4.74 Å². The van der Waals surface area contributed by atoms with Crippen molar-refractivity contribution >= 4 is 11.8 Å². The number of nitrogens with zero attached hydrogens (tertiary/aromatic N) is 1. The average molecular weight is 212 g/mol. The molecule has 80 valence electrons. The number of ether oxygens (including phenoxy) is 1. The fourth-order valence-electron chi connectivity index (χ4n) is 0.935. The van der Waals surface area contributed by atoms with E-state index in [-0.39, 0.29) is 12.2 Å². The fourth-order valence-corrected chi connectivity index (χ4v) is 0.935. The van der Waals surface area contributed by atoms with E-state index in [1.807, 2.05) is 0 Å². The van der Waals surface area contributed by atoms with Crippen LogP contribution in [0.25, 0.3) is 0 Å². The van der Waals surface area contributed by atoms with Crippen molar-refractivity contribution in [3.63, 3.8) is 0 Å². The van der Waals surface area contributed by atoms with E-state index in [1.54, 1.807) is 6.92 Å². The van der Waals surface area contributed by atoms with E-state index in [2.05, 4.69) is 9.72 Å². The Labute approximate surface area is 83.8 Å². The Bertz CT molecular complexity index is 451. The smallest absolute Gasteiger partial charge is 0.345 e. The van der Waals surface area contributed by atoms with E-state index in [9.17, 15) is 19.7 Å². The molecule has 15 heavy (non-hydrogen) atoms. The van der Waals surface area contributed by atoms with Gasteiger partial charge in [0.25, 0.3) is 0 Å². The van der Waals surface area contributed by atoms with E-state index in [0.29, 0.717) is 0 Å². The molecule has 7 nitrogen and oxygen atoms in total. The first-order valence-corrected chi connectivity index (χ1v) is 4.10. The minimum atomic E-state index is -0.798. The maximum Gasteiger partial charge on any atom is 0.345 e. The number of nitrogens with one attached hydrogen (secondary N) is 1. The molecule has 0 aromatic carbocycles. The van der Waals surface area contributed by atoms with Gasteiger partial charge < -0.3 is 14.9 Å². The van der Waals surface area contributed by atoms with Crippen molar-refractivity contribution in [2.45, 2.75) is 6.92 Å². The third-order valence-corrected chi connectivity index (χ3v) is 1.59. The second-order valence-corrected chi connectivity index (χ2v) is 2.57. The van der Waals surface area contributed by atoms with Gasteiger partial charge in [0.05, 0.1) is 12.7 Å². The molecule has 0 spiro atoms. The van der Waals surface area contributed by atoms with E-state index in [4.69, 9.17) is 0 Å². The van der Waals surface area contributed by atoms with Crippen LogP contribution in [0.4, 0.5) is 5.82 Å². The van der Waals surface area contributed by atoms with Gasteiger partial charge in [-0.3, -0.25) is 4.79 Å². The van der Waals surface area contributed by atoms with E-state index < -0.39 is 22.1 Å².